The zero-order valence-electron chi connectivity index (χ0n) is 20.2. The SMILES string of the molecule is COCOc1cc2c(c(OCOC)c1)C(=O)O[C@@H](C)C/C=C\C(=O)C1OC(C)(C)OC1CC=C2. The second-order valence-electron chi connectivity index (χ2n) is 8.48. The summed E-state index contributed by atoms with van der Waals surface area (Å²) in [5.41, 5.74) is 0.757. The van der Waals surface area contributed by atoms with E-state index in [0.717, 1.165) is 0 Å². The molecule has 1 aromatic carbocycles. The van der Waals surface area contributed by atoms with Crippen molar-refractivity contribution in [1.82, 2.24) is 0 Å². The molecule has 1 fully saturated rings. The van der Waals surface area contributed by atoms with E-state index < -0.39 is 30.1 Å². The van der Waals surface area contributed by atoms with E-state index in [1.165, 1.54) is 20.3 Å². The number of hydrogen-bond donors (Lipinski definition) is 0. The monoisotopic (exact) mass is 476 g/mol. The molecule has 9 nitrogen and oxygen atoms in total. The first kappa shape index (κ1) is 25.9. The molecule has 2 aliphatic heterocycles. The van der Waals surface area contributed by atoms with Crippen LogP contribution in [0.15, 0.2) is 30.4 Å². The van der Waals surface area contributed by atoms with E-state index in [0.29, 0.717) is 24.2 Å². The summed E-state index contributed by atoms with van der Waals surface area (Å²) in [7, 11) is 3.00. The van der Waals surface area contributed by atoms with Gasteiger partial charge in [0.25, 0.3) is 0 Å². The third-order valence-electron chi connectivity index (χ3n) is 5.17. The number of carbonyl (C=O) groups excluding carboxylic acids is 2. The van der Waals surface area contributed by atoms with Crippen molar-refractivity contribution in [2.24, 2.45) is 0 Å². The van der Waals surface area contributed by atoms with Crippen LogP contribution in [0.3, 0.4) is 0 Å². The Hall–Kier alpha value is -2.72. The van der Waals surface area contributed by atoms with Gasteiger partial charge in [0.05, 0.1) is 6.10 Å². The highest BCUT2D eigenvalue weighted by molar-refractivity contribution is 5.97. The molecule has 2 aliphatic rings. The Balaban J connectivity index is 2.03. The Labute approximate surface area is 199 Å². The molecule has 9 heteroatoms. The highest BCUT2D eigenvalue weighted by Crippen LogP contribution is 2.34. The molecule has 0 aromatic heterocycles. The summed E-state index contributed by atoms with van der Waals surface area (Å²) >= 11 is 0. The number of methoxy groups -OCH3 is 2. The zero-order valence-corrected chi connectivity index (χ0v) is 20.2. The zero-order chi connectivity index (χ0) is 24.7. The molecule has 34 heavy (non-hydrogen) atoms. The molecular weight excluding hydrogens is 444 g/mol. The van der Waals surface area contributed by atoms with Crippen molar-refractivity contribution >= 4 is 17.8 Å². The molecule has 0 amide bonds. The van der Waals surface area contributed by atoms with Crippen LogP contribution in [0.25, 0.3) is 6.08 Å². The van der Waals surface area contributed by atoms with Crippen LogP contribution in [0.5, 0.6) is 11.5 Å². The van der Waals surface area contributed by atoms with Gasteiger partial charge in [-0.2, -0.15) is 0 Å². The van der Waals surface area contributed by atoms with Gasteiger partial charge in [0.1, 0.15) is 29.3 Å². The van der Waals surface area contributed by atoms with E-state index in [9.17, 15) is 9.59 Å². The summed E-state index contributed by atoms with van der Waals surface area (Å²) in [4.78, 5) is 25.9. The molecule has 3 atom stereocenters. The minimum Gasteiger partial charge on any atom is -0.467 e. The van der Waals surface area contributed by atoms with Crippen LogP contribution in [0.2, 0.25) is 0 Å². The fourth-order valence-electron chi connectivity index (χ4n) is 3.75. The standard InChI is InChI=1S/C25H32O9/c1-16-8-6-10-19(26)23-20(33-25(2,3)34-23)11-7-9-17-12-18(30-14-28-4)13-21(31-15-29-5)22(17)24(27)32-16/h6-7,9-10,12-13,16,20,23H,8,11,14-15H2,1-5H3/b9-7?,10-6-/t16-,20?,23?/m0/s1. The highest BCUT2D eigenvalue weighted by atomic mass is 16.8. The second kappa shape index (κ2) is 11.6. The Morgan fingerprint density at radius 1 is 0.971 bits per heavy atom. The van der Waals surface area contributed by atoms with Crippen LogP contribution in [-0.4, -0.2) is 63.7 Å². The van der Waals surface area contributed by atoms with Crippen molar-refractivity contribution in [2.45, 2.75) is 57.7 Å². The number of esters is 1. The predicted octanol–water partition coefficient (Wildman–Crippen LogP) is 3.65. The molecule has 0 bridgehead atoms. The average molecular weight is 477 g/mol. The van der Waals surface area contributed by atoms with Gasteiger partial charge in [-0.1, -0.05) is 18.2 Å². The number of rotatable bonds is 6. The maximum absolute atomic E-state index is 13.1. The molecule has 0 N–H and O–H groups in total. The van der Waals surface area contributed by atoms with Crippen molar-refractivity contribution in [3.8, 4) is 11.5 Å². The van der Waals surface area contributed by atoms with Crippen LogP contribution in [0, 0.1) is 0 Å². The summed E-state index contributed by atoms with van der Waals surface area (Å²) in [5.74, 6) is -0.938. The molecule has 3 rings (SSSR count). The number of cyclic esters (lactones) is 1. The smallest absolute Gasteiger partial charge is 0.342 e. The van der Waals surface area contributed by atoms with Gasteiger partial charge in [-0.25, -0.2) is 4.79 Å². The normalized spacial score (nSPS) is 25.6. The fourth-order valence-corrected chi connectivity index (χ4v) is 3.75. The molecule has 2 unspecified atom stereocenters. The minimum absolute atomic E-state index is 0.0200. The second-order valence-corrected chi connectivity index (χ2v) is 8.48. The maximum atomic E-state index is 13.1. The van der Waals surface area contributed by atoms with Crippen molar-refractivity contribution in [3.63, 3.8) is 0 Å². The van der Waals surface area contributed by atoms with E-state index in [1.54, 1.807) is 45.1 Å². The van der Waals surface area contributed by atoms with Gasteiger partial charge >= 0.3 is 5.97 Å². The van der Waals surface area contributed by atoms with E-state index in [2.05, 4.69) is 0 Å². The summed E-state index contributed by atoms with van der Waals surface area (Å²) in [6.07, 6.45) is 5.76. The minimum atomic E-state index is -0.882. The lowest BCUT2D eigenvalue weighted by molar-refractivity contribution is -0.152. The molecule has 0 spiro atoms. The van der Waals surface area contributed by atoms with E-state index in [1.807, 2.05) is 6.08 Å². The molecule has 1 saturated heterocycles. The van der Waals surface area contributed by atoms with Gasteiger partial charge in [-0.05, 0) is 44.9 Å². The molecule has 0 aliphatic carbocycles. The summed E-state index contributed by atoms with van der Waals surface area (Å²) < 4.78 is 38.8. The number of hydrogen-bond acceptors (Lipinski definition) is 9. The Kier molecular flexibility index (Phi) is 8.84. The van der Waals surface area contributed by atoms with E-state index >= 15 is 0 Å². The first-order valence-corrected chi connectivity index (χ1v) is 11.1. The lowest BCUT2D eigenvalue weighted by atomic mass is 10.0. The van der Waals surface area contributed by atoms with Crippen molar-refractivity contribution in [2.75, 3.05) is 27.8 Å². The number of carbonyl (C=O) groups is 2. The van der Waals surface area contributed by atoms with E-state index in [-0.39, 0.29) is 30.7 Å². The van der Waals surface area contributed by atoms with Crippen LogP contribution >= 0.6 is 0 Å². The fraction of sp³-hybridized carbons (Fsp3) is 0.520. The Morgan fingerprint density at radius 3 is 2.41 bits per heavy atom. The van der Waals surface area contributed by atoms with Crippen molar-refractivity contribution < 1.29 is 42.7 Å². The highest BCUT2D eigenvalue weighted by Gasteiger charge is 2.43. The molecule has 2 heterocycles. The number of ketones is 1. The van der Waals surface area contributed by atoms with Crippen LogP contribution in [-0.2, 0) is 28.5 Å². The van der Waals surface area contributed by atoms with Gasteiger partial charge in [0.15, 0.2) is 25.2 Å². The molecular formula is C25H32O9. The molecule has 186 valence electrons. The topological polar surface area (TPSA) is 98.8 Å². The Morgan fingerprint density at radius 2 is 1.68 bits per heavy atom. The van der Waals surface area contributed by atoms with Crippen molar-refractivity contribution in [1.29, 1.82) is 0 Å². The molecule has 0 radical (unpaired) electrons. The van der Waals surface area contributed by atoms with Gasteiger partial charge in [-0.15, -0.1) is 0 Å². The van der Waals surface area contributed by atoms with Crippen LogP contribution in [0.4, 0.5) is 0 Å². The third kappa shape index (κ3) is 6.66. The summed E-state index contributed by atoms with van der Waals surface area (Å²) in [6, 6.07) is 3.28. The quantitative estimate of drug-likeness (QED) is 0.450. The van der Waals surface area contributed by atoms with Gasteiger partial charge in [0.2, 0.25) is 0 Å². The predicted molar refractivity (Wildman–Crippen MR) is 123 cm³/mol. The van der Waals surface area contributed by atoms with Crippen molar-refractivity contribution in [3.05, 3.63) is 41.5 Å². The largest absolute Gasteiger partial charge is 0.467 e. The first-order chi connectivity index (χ1) is 16.2. The number of fused-ring (bicyclic) bond motifs is 2. The number of ether oxygens (including phenoxy) is 7. The van der Waals surface area contributed by atoms with Gasteiger partial charge in [0, 0.05) is 26.7 Å². The average Bonchev–Trinajstić information content (AvgIpc) is 3.09. The van der Waals surface area contributed by atoms with Gasteiger partial charge in [-0.3, -0.25) is 4.79 Å². The first-order valence-electron chi connectivity index (χ1n) is 11.1. The number of benzene rings is 1. The van der Waals surface area contributed by atoms with Crippen LogP contribution in [0.1, 0.15) is 49.5 Å². The third-order valence-corrected chi connectivity index (χ3v) is 5.17. The van der Waals surface area contributed by atoms with E-state index in [4.69, 9.17) is 33.2 Å². The van der Waals surface area contributed by atoms with Gasteiger partial charge < -0.3 is 33.2 Å². The summed E-state index contributed by atoms with van der Waals surface area (Å²) in [6.45, 7) is 5.25. The van der Waals surface area contributed by atoms with Crippen LogP contribution < -0.4 is 9.47 Å². The Bertz CT molecular complexity index is 935. The molecule has 1 aromatic rings. The molecule has 0 saturated carbocycles. The maximum Gasteiger partial charge on any atom is 0.342 e. The lowest BCUT2D eigenvalue weighted by Crippen LogP contribution is -2.30. The lowest BCUT2D eigenvalue weighted by Gasteiger charge is -2.18. The summed E-state index contributed by atoms with van der Waals surface area (Å²) in [5, 5.41) is 0.